The number of carbonyl (C=O) groups is 1. The van der Waals surface area contributed by atoms with Crippen molar-refractivity contribution in [2.24, 2.45) is 0 Å². The molecular weight excluding hydrogens is 538 g/mol. The quantitative estimate of drug-likeness (QED) is 0.145. The Morgan fingerprint density at radius 3 is 2.57 bits per heavy atom. The highest BCUT2D eigenvalue weighted by atomic mass is 16.5. The van der Waals surface area contributed by atoms with Gasteiger partial charge in [0.1, 0.15) is 36.0 Å². The minimum atomic E-state index is -1.04. The summed E-state index contributed by atoms with van der Waals surface area (Å²) in [6.07, 6.45) is 3.94. The average molecular weight is 570 g/mol. The van der Waals surface area contributed by atoms with Crippen LogP contribution in [0.2, 0.25) is 0 Å². The van der Waals surface area contributed by atoms with E-state index in [-0.39, 0.29) is 25.4 Å². The Balaban J connectivity index is 1.19. The fourth-order valence-electron chi connectivity index (χ4n) is 4.25. The van der Waals surface area contributed by atoms with Gasteiger partial charge in [-0.2, -0.15) is 5.10 Å². The predicted octanol–water partition coefficient (Wildman–Crippen LogP) is 4.42. The van der Waals surface area contributed by atoms with Gasteiger partial charge < -0.3 is 30.3 Å². The van der Waals surface area contributed by atoms with E-state index in [0.29, 0.717) is 28.5 Å². The molecule has 3 aromatic heterocycles. The molecule has 0 aliphatic heterocycles. The summed E-state index contributed by atoms with van der Waals surface area (Å²) in [7, 11) is 0. The van der Waals surface area contributed by atoms with Crippen molar-refractivity contribution in [3.05, 3.63) is 84.7 Å². The Morgan fingerprint density at radius 1 is 0.952 bits per heavy atom. The van der Waals surface area contributed by atoms with Crippen molar-refractivity contribution < 1.29 is 24.5 Å². The highest BCUT2D eigenvalue weighted by Gasteiger charge is 2.17. The molecule has 0 fully saturated rings. The molecule has 42 heavy (non-hydrogen) atoms. The monoisotopic (exact) mass is 569 g/mol. The van der Waals surface area contributed by atoms with Crippen molar-refractivity contribution in [3.63, 3.8) is 0 Å². The lowest BCUT2D eigenvalue weighted by Gasteiger charge is -2.16. The molecule has 1 amide bonds. The molecular formula is C30H31N7O5. The van der Waals surface area contributed by atoms with Crippen molar-refractivity contribution in [2.45, 2.75) is 38.9 Å². The first-order chi connectivity index (χ1) is 20.3. The lowest BCUT2D eigenvalue weighted by atomic mass is 10.1. The Labute approximate surface area is 241 Å². The third-order valence-corrected chi connectivity index (χ3v) is 6.35. The third-order valence-electron chi connectivity index (χ3n) is 6.35. The van der Waals surface area contributed by atoms with Crippen molar-refractivity contribution in [2.75, 3.05) is 17.2 Å². The number of nitrogens with zero attached hydrogens (tertiary/aromatic N) is 4. The third kappa shape index (κ3) is 7.56. The van der Waals surface area contributed by atoms with Gasteiger partial charge >= 0.3 is 0 Å². The number of benzene rings is 2. The van der Waals surface area contributed by atoms with Gasteiger partial charge in [0, 0.05) is 29.4 Å². The number of carbonyl (C=O) groups excluding carboxylic acids is 1. The number of H-pyrrole nitrogens is 1. The molecule has 0 aliphatic rings. The Hall–Kier alpha value is -5.07. The lowest BCUT2D eigenvalue weighted by Crippen LogP contribution is -2.27. The molecule has 0 aliphatic carbocycles. The molecule has 216 valence electrons. The van der Waals surface area contributed by atoms with Crippen LogP contribution in [0, 0.1) is 13.8 Å². The fourth-order valence-corrected chi connectivity index (χ4v) is 4.25. The first-order valence-electron chi connectivity index (χ1n) is 13.3. The standard InChI is InChI=1S/C30H31N7O5/c1-18-9-20(4-8-28(18)42-25-5-3-19(2)31-15-25)37-30-26-12-24(6-7-27(26)32-17-33-30)41-16-23(39)10-22(38)11-29(40)36-21-13-34-35-14-21/h3-9,12-15,17,22-23,38-39H,10-11,16H2,1-2H3,(H,34,35)(H,36,40)(H,32,33,37). The maximum atomic E-state index is 12.0. The van der Waals surface area contributed by atoms with E-state index in [9.17, 15) is 15.0 Å². The van der Waals surface area contributed by atoms with E-state index in [1.807, 2.05) is 44.2 Å². The number of fused-ring (bicyclic) bond motifs is 1. The predicted molar refractivity (Wildman–Crippen MR) is 157 cm³/mol. The van der Waals surface area contributed by atoms with Crippen molar-refractivity contribution >= 4 is 34.0 Å². The van der Waals surface area contributed by atoms with Crippen molar-refractivity contribution in [1.82, 2.24) is 25.1 Å². The van der Waals surface area contributed by atoms with E-state index >= 15 is 0 Å². The van der Waals surface area contributed by atoms with Crippen LogP contribution in [-0.4, -0.2) is 60.1 Å². The van der Waals surface area contributed by atoms with Gasteiger partial charge in [-0.15, -0.1) is 0 Å². The largest absolute Gasteiger partial charge is 0.491 e. The molecule has 2 atom stereocenters. The molecule has 5 N–H and O–H groups in total. The maximum Gasteiger partial charge on any atom is 0.227 e. The SMILES string of the molecule is Cc1ccc(Oc2ccc(Nc3ncnc4ccc(OCC(O)CC(O)CC(=O)Nc5cn[nH]c5)cc34)cc2C)cn1. The number of aromatic amines is 1. The molecule has 5 aromatic rings. The van der Waals surface area contributed by atoms with E-state index < -0.39 is 12.2 Å². The summed E-state index contributed by atoms with van der Waals surface area (Å²) in [5.74, 6) is 2.08. The van der Waals surface area contributed by atoms with E-state index in [0.717, 1.165) is 28.1 Å². The number of aliphatic hydroxyl groups excluding tert-OH is 2. The normalized spacial score (nSPS) is 12.5. The van der Waals surface area contributed by atoms with Crippen LogP contribution in [0.5, 0.6) is 17.2 Å². The summed E-state index contributed by atoms with van der Waals surface area (Å²) < 4.78 is 11.8. The summed E-state index contributed by atoms with van der Waals surface area (Å²) in [6.45, 7) is 3.81. The van der Waals surface area contributed by atoms with Crippen LogP contribution < -0.4 is 20.1 Å². The molecule has 2 aromatic carbocycles. The number of aliphatic hydroxyl groups is 2. The second-order valence-electron chi connectivity index (χ2n) is 9.84. The van der Waals surface area contributed by atoms with Gasteiger partial charge in [-0.25, -0.2) is 9.97 Å². The Kier molecular flexibility index (Phi) is 8.85. The van der Waals surface area contributed by atoms with Gasteiger partial charge in [0.2, 0.25) is 5.91 Å². The Bertz CT molecular complexity index is 1640. The fraction of sp³-hybridized carbons (Fsp3) is 0.233. The van der Waals surface area contributed by atoms with Gasteiger partial charge in [-0.05, 0) is 67.9 Å². The van der Waals surface area contributed by atoms with Crippen LogP contribution in [0.4, 0.5) is 17.2 Å². The zero-order chi connectivity index (χ0) is 29.5. The number of nitrogens with one attached hydrogen (secondary N) is 3. The first kappa shape index (κ1) is 28.5. The zero-order valence-corrected chi connectivity index (χ0v) is 23.1. The minimum Gasteiger partial charge on any atom is -0.491 e. The van der Waals surface area contributed by atoms with Crippen LogP contribution in [-0.2, 0) is 4.79 Å². The van der Waals surface area contributed by atoms with Crippen LogP contribution in [0.25, 0.3) is 10.9 Å². The molecule has 0 saturated heterocycles. The van der Waals surface area contributed by atoms with Crippen LogP contribution in [0.1, 0.15) is 24.1 Å². The average Bonchev–Trinajstić information content (AvgIpc) is 3.47. The number of rotatable bonds is 12. The lowest BCUT2D eigenvalue weighted by molar-refractivity contribution is -0.118. The van der Waals surface area contributed by atoms with Crippen molar-refractivity contribution in [1.29, 1.82) is 0 Å². The topological polar surface area (TPSA) is 167 Å². The second kappa shape index (κ2) is 13.1. The van der Waals surface area contributed by atoms with Crippen LogP contribution in [0.3, 0.4) is 0 Å². The summed E-state index contributed by atoms with van der Waals surface area (Å²) in [5, 5.41) is 33.6. The molecule has 0 spiro atoms. The van der Waals surface area contributed by atoms with Gasteiger partial charge in [-0.1, -0.05) is 0 Å². The molecule has 12 heteroatoms. The molecule has 3 heterocycles. The number of pyridine rings is 1. The smallest absolute Gasteiger partial charge is 0.227 e. The number of aryl methyl sites for hydroxylation is 2. The van der Waals surface area contributed by atoms with E-state index in [1.54, 1.807) is 24.4 Å². The van der Waals surface area contributed by atoms with Gasteiger partial charge in [0.25, 0.3) is 0 Å². The highest BCUT2D eigenvalue weighted by molar-refractivity contribution is 5.92. The number of hydrogen-bond donors (Lipinski definition) is 5. The van der Waals surface area contributed by atoms with Gasteiger partial charge in [-0.3, -0.25) is 14.9 Å². The van der Waals surface area contributed by atoms with E-state index in [2.05, 4.69) is 35.8 Å². The van der Waals surface area contributed by atoms with Crippen molar-refractivity contribution in [3.8, 4) is 17.2 Å². The van der Waals surface area contributed by atoms with Gasteiger partial charge in [0.15, 0.2) is 0 Å². The molecule has 0 saturated carbocycles. The van der Waals surface area contributed by atoms with Crippen LogP contribution >= 0.6 is 0 Å². The Morgan fingerprint density at radius 2 is 1.81 bits per heavy atom. The zero-order valence-electron chi connectivity index (χ0n) is 23.1. The highest BCUT2D eigenvalue weighted by Crippen LogP contribution is 2.31. The minimum absolute atomic E-state index is 0.0260. The second-order valence-corrected chi connectivity index (χ2v) is 9.84. The number of anilines is 3. The molecule has 0 radical (unpaired) electrons. The van der Waals surface area contributed by atoms with Gasteiger partial charge in [0.05, 0.1) is 42.2 Å². The number of aromatic nitrogens is 5. The number of hydrogen-bond acceptors (Lipinski definition) is 10. The van der Waals surface area contributed by atoms with E-state index in [4.69, 9.17) is 9.47 Å². The number of ether oxygens (including phenoxy) is 2. The summed E-state index contributed by atoms with van der Waals surface area (Å²) in [5.41, 5.74) is 3.88. The first-order valence-corrected chi connectivity index (χ1v) is 13.3. The van der Waals surface area contributed by atoms with Crippen LogP contribution in [0.15, 0.2) is 73.4 Å². The maximum absolute atomic E-state index is 12.0. The molecule has 0 bridgehead atoms. The summed E-state index contributed by atoms with van der Waals surface area (Å²) >= 11 is 0. The summed E-state index contributed by atoms with van der Waals surface area (Å²) in [4.78, 5) is 25.1. The summed E-state index contributed by atoms with van der Waals surface area (Å²) in [6, 6.07) is 14.9. The molecule has 5 rings (SSSR count). The van der Waals surface area contributed by atoms with E-state index in [1.165, 1.54) is 18.7 Å². The molecule has 12 nitrogen and oxygen atoms in total. The number of amides is 1. The molecule has 2 unspecified atom stereocenters.